The van der Waals surface area contributed by atoms with Crippen molar-refractivity contribution in [1.29, 1.82) is 0 Å². The summed E-state index contributed by atoms with van der Waals surface area (Å²) in [4.78, 5) is 10.5. The number of rotatable bonds is 4. The molecule has 1 saturated carbocycles. The van der Waals surface area contributed by atoms with E-state index < -0.39 is 8.32 Å². The minimum atomic E-state index is -2.06. The molecule has 0 amide bonds. The summed E-state index contributed by atoms with van der Waals surface area (Å²) in [6, 6.07) is 1.02. The van der Waals surface area contributed by atoms with Gasteiger partial charge in [-0.15, -0.1) is 6.58 Å². The Morgan fingerprint density at radius 1 is 1.38 bits per heavy atom. The molecule has 1 rings (SSSR count). The highest BCUT2D eigenvalue weighted by Gasteiger charge is 2.36. The third-order valence-corrected chi connectivity index (χ3v) is 7.32. The standard InChI is InChI=1S/C11H22OSi/c1-3-10-13(12,4-2)11-8-6-5-7-9-11/h4,11-12H,2-3,5-10H2,1H3. The summed E-state index contributed by atoms with van der Waals surface area (Å²) in [7, 11) is -2.06. The third kappa shape index (κ3) is 2.68. The summed E-state index contributed by atoms with van der Waals surface area (Å²) in [6.45, 7) is 6.00. The Morgan fingerprint density at radius 3 is 2.46 bits per heavy atom. The average Bonchev–Trinajstić information content (AvgIpc) is 2.19. The lowest BCUT2D eigenvalue weighted by Gasteiger charge is -2.33. The molecule has 0 radical (unpaired) electrons. The van der Waals surface area contributed by atoms with Crippen molar-refractivity contribution in [3.63, 3.8) is 0 Å². The van der Waals surface area contributed by atoms with Crippen molar-refractivity contribution >= 4 is 8.32 Å². The monoisotopic (exact) mass is 198 g/mol. The second kappa shape index (κ2) is 4.96. The van der Waals surface area contributed by atoms with Gasteiger partial charge in [-0.25, -0.2) is 0 Å². The van der Waals surface area contributed by atoms with Crippen LogP contribution in [-0.2, 0) is 0 Å². The van der Waals surface area contributed by atoms with E-state index in [2.05, 4.69) is 13.5 Å². The van der Waals surface area contributed by atoms with Crippen molar-refractivity contribution in [2.45, 2.75) is 57.0 Å². The molecule has 0 spiro atoms. The topological polar surface area (TPSA) is 20.2 Å². The Kier molecular flexibility index (Phi) is 4.20. The summed E-state index contributed by atoms with van der Waals surface area (Å²) >= 11 is 0. The summed E-state index contributed by atoms with van der Waals surface area (Å²) in [5.74, 6) is 0. The second-order valence-corrected chi connectivity index (χ2v) is 7.99. The summed E-state index contributed by atoms with van der Waals surface area (Å²) < 4.78 is 0. The molecule has 1 aliphatic carbocycles. The first-order valence-corrected chi connectivity index (χ1v) is 7.90. The minimum Gasteiger partial charge on any atom is -0.428 e. The molecule has 0 bridgehead atoms. The average molecular weight is 198 g/mol. The van der Waals surface area contributed by atoms with Gasteiger partial charge in [0.05, 0.1) is 0 Å². The van der Waals surface area contributed by atoms with Crippen LogP contribution in [0.15, 0.2) is 12.3 Å². The van der Waals surface area contributed by atoms with Crippen LogP contribution in [0.2, 0.25) is 11.6 Å². The Balaban J connectivity index is 2.56. The molecule has 1 unspecified atom stereocenters. The van der Waals surface area contributed by atoms with Gasteiger partial charge < -0.3 is 4.80 Å². The quantitative estimate of drug-likeness (QED) is 0.687. The van der Waals surface area contributed by atoms with Gasteiger partial charge in [0.2, 0.25) is 8.32 Å². The van der Waals surface area contributed by atoms with E-state index >= 15 is 0 Å². The number of hydrogen-bond acceptors (Lipinski definition) is 1. The van der Waals surface area contributed by atoms with Gasteiger partial charge in [-0.3, -0.25) is 0 Å². The van der Waals surface area contributed by atoms with Crippen molar-refractivity contribution < 1.29 is 4.80 Å². The maximum Gasteiger partial charge on any atom is 0.215 e. The fraction of sp³-hybridized carbons (Fsp3) is 0.818. The molecule has 13 heavy (non-hydrogen) atoms. The second-order valence-electron chi connectivity index (χ2n) is 4.28. The molecule has 76 valence electrons. The third-order valence-electron chi connectivity index (χ3n) is 3.32. The lowest BCUT2D eigenvalue weighted by Crippen LogP contribution is -2.39. The maximum atomic E-state index is 10.5. The van der Waals surface area contributed by atoms with E-state index in [4.69, 9.17) is 0 Å². The van der Waals surface area contributed by atoms with Crippen molar-refractivity contribution in [1.82, 2.24) is 0 Å². The van der Waals surface area contributed by atoms with Gasteiger partial charge in [0.25, 0.3) is 0 Å². The van der Waals surface area contributed by atoms with Gasteiger partial charge in [-0.05, 0) is 11.6 Å². The van der Waals surface area contributed by atoms with Crippen molar-refractivity contribution in [2.75, 3.05) is 0 Å². The Bertz CT molecular complexity index is 163. The first-order valence-electron chi connectivity index (χ1n) is 5.59. The summed E-state index contributed by atoms with van der Waals surface area (Å²) in [5.41, 5.74) is 2.52. The summed E-state index contributed by atoms with van der Waals surface area (Å²) in [5, 5.41) is 0. The molecule has 1 nitrogen and oxygen atoms in total. The Hall–Kier alpha value is -0.0831. The molecule has 0 saturated heterocycles. The van der Waals surface area contributed by atoms with Crippen LogP contribution in [0.5, 0.6) is 0 Å². The van der Waals surface area contributed by atoms with E-state index in [1.165, 1.54) is 32.1 Å². The Labute approximate surface area is 83.0 Å². The molecule has 0 heterocycles. The molecule has 0 aromatic rings. The zero-order valence-electron chi connectivity index (χ0n) is 8.76. The lowest BCUT2D eigenvalue weighted by molar-refractivity contribution is 0.432. The first kappa shape index (κ1) is 11.0. The van der Waals surface area contributed by atoms with Crippen molar-refractivity contribution in [2.24, 2.45) is 0 Å². The molecule has 1 N–H and O–H groups in total. The minimum absolute atomic E-state index is 0.610. The zero-order valence-corrected chi connectivity index (χ0v) is 9.76. The maximum absolute atomic E-state index is 10.5. The van der Waals surface area contributed by atoms with Crippen LogP contribution in [0, 0.1) is 0 Å². The molecule has 1 aliphatic rings. The molecule has 0 aliphatic heterocycles. The van der Waals surface area contributed by atoms with Gasteiger partial charge >= 0.3 is 0 Å². The molecular weight excluding hydrogens is 176 g/mol. The van der Waals surface area contributed by atoms with Crippen LogP contribution in [-0.4, -0.2) is 13.1 Å². The summed E-state index contributed by atoms with van der Waals surface area (Å²) in [6.07, 6.45) is 7.59. The van der Waals surface area contributed by atoms with Crippen LogP contribution < -0.4 is 0 Å². The van der Waals surface area contributed by atoms with Crippen LogP contribution in [0.4, 0.5) is 0 Å². The van der Waals surface area contributed by atoms with E-state index in [0.29, 0.717) is 5.54 Å². The predicted octanol–water partition coefficient (Wildman–Crippen LogP) is 3.39. The zero-order chi connectivity index (χ0) is 9.73. The van der Waals surface area contributed by atoms with E-state index in [0.717, 1.165) is 12.5 Å². The highest BCUT2D eigenvalue weighted by Crippen LogP contribution is 2.38. The van der Waals surface area contributed by atoms with Gasteiger partial charge in [-0.1, -0.05) is 51.1 Å². The predicted molar refractivity (Wildman–Crippen MR) is 60.1 cm³/mol. The van der Waals surface area contributed by atoms with Crippen LogP contribution in [0.1, 0.15) is 45.4 Å². The fourth-order valence-corrected chi connectivity index (χ4v) is 5.63. The smallest absolute Gasteiger partial charge is 0.215 e. The molecule has 0 aromatic carbocycles. The van der Waals surface area contributed by atoms with Crippen molar-refractivity contribution in [3.05, 3.63) is 12.3 Å². The van der Waals surface area contributed by atoms with E-state index in [-0.39, 0.29) is 0 Å². The molecular formula is C11H22OSi. The highest BCUT2D eigenvalue weighted by molar-refractivity contribution is 6.78. The molecule has 1 atom stereocenters. The molecule has 1 fully saturated rings. The van der Waals surface area contributed by atoms with E-state index in [1.807, 2.05) is 5.70 Å². The van der Waals surface area contributed by atoms with E-state index in [9.17, 15) is 4.80 Å². The largest absolute Gasteiger partial charge is 0.428 e. The normalized spacial score (nSPS) is 23.8. The van der Waals surface area contributed by atoms with Gasteiger partial charge in [-0.2, -0.15) is 0 Å². The first-order chi connectivity index (χ1) is 6.23. The molecule has 0 aromatic heterocycles. The van der Waals surface area contributed by atoms with Crippen LogP contribution >= 0.6 is 0 Å². The van der Waals surface area contributed by atoms with Crippen LogP contribution in [0.25, 0.3) is 0 Å². The van der Waals surface area contributed by atoms with Gasteiger partial charge in [0.15, 0.2) is 0 Å². The SMILES string of the molecule is C=C[Si](O)(CCC)C1CCCCC1. The molecule has 2 heteroatoms. The van der Waals surface area contributed by atoms with Crippen LogP contribution in [0.3, 0.4) is 0 Å². The fourth-order valence-electron chi connectivity index (χ4n) is 2.48. The lowest BCUT2D eigenvalue weighted by atomic mass is 10.0. The van der Waals surface area contributed by atoms with Gasteiger partial charge in [0, 0.05) is 0 Å². The van der Waals surface area contributed by atoms with E-state index in [1.54, 1.807) is 0 Å². The van der Waals surface area contributed by atoms with Gasteiger partial charge in [0.1, 0.15) is 0 Å². The van der Waals surface area contributed by atoms with Crippen molar-refractivity contribution in [3.8, 4) is 0 Å². The highest BCUT2D eigenvalue weighted by atomic mass is 28.4. The Morgan fingerprint density at radius 2 is 2.00 bits per heavy atom. The number of hydrogen-bond donors (Lipinski definition) is 1.